The summed E-state index contributed by atoms with van der Waals surface area (Å²) in [4.78, 5) is 16.7. The van der Waals surface area contributed by atoms with Crippen LogP contribution in [0.1, 0.15) is 23.4 Å². The number of H-pyrrole nitrogens is 1. The molecule has 1 amide bonds. The smallest absolute Gasteiger partial charge is 0.269 e. The average Bonchev–Trinajstić information content (AvgIpc) is 3.22. The molecule has 0 unspecified atom stereocenters. The van der Waals surface area contributed by atoms with Crippen LogP contribution in [0.25, 0.3) is 16.6 Å². The molecule has 25 heavy (non-hydrogen) atoms. The zero-order valence-corrected chi connectivity index (χ0v) is 13.8. The highest BCUT2D eigenvalue weighted by Crippen LogP contribution is 2.22. The number of fused-ring (bicyclic) bond motifs is 3. The first-order chi connectivity index (χ1) is 12.1. The van der Waals surface area contributed by atoms with E-state index < -0.39 is 0 Å². The van der Waals surface area contributed by atoms with Crippen molar-refractivity contribution in [2.24, 2.45) is 0 Å². The summed E-state index contributed by atoms with van der Waals surface area (Å²) in [5, 5.41) is 21.3. The zero-order chi connectivity index (χ0) is 17.4. The van der Waals surface area contributed by atoms with Gasteiger partial charge in [0, 0.05) is 23.2 Å². The number of carbonyl (C=O) groups is 1. The Hall–Kier alpha value is -3.36. The number of nitrogens with one attached hydrogen (secondary N) is 2. The fraction of sp³-hybridized carbons (Fsp3) is 0.250. The standard InChI is InChI=1S/C16H16N8O/c1-9-11(7-8-14(25)18-16-19-22-23-20-16)10(2)24-15(17-9)12-5-3-4-6-13(12)21-24/h3-6H,7-8H2,1-2H3,(H2,18,19,20,22,23,25). The van der Waals surface area contributed by atoms with Gasteiger partial charge in [-0.1, -0.05) is 17.2 Å². The topological polar surface area (TPSA) is 114 Å². The molecule has 0 radical (unpaired) electrons. The van der Waals surface area contributed by atoms with Crippen LogP contribution in [0, 0.1) is 13.8 Å². The number of carbonyl (C=O) groups excluding carboxylic acids is 1. The Morgan fingerprint density at radius 2 is 2.12 bits per heavy atom. The number of aromatic amines is 1. The number of amides is 1. The first kappa shape index (κ1) is 15.2. The number of aromatic nitrogens is 7. The molecule has 0 saturated carbocycles. The second-order valence-electron chi connectivity index (χ2n) is 5.80. The maximum absolute atomic E-state index is 12.0. The van der Waals surface area contributed by atoms with Gasteiger partial charge in [0.1, 0.15) is 0 Å². The second-order valence-corrected chi connectivity index (χ2v) is 5.80. The van der Waals surface area contributed by atoms with Gasteiger partial charge in [-0.05, 0) is 43.2 Å². The van der Waals surface area contributed by atoms with Crippen molar-refractivity contribution in [2.75, 3.05) is 5.32 Å². The highest BCUT2D eigenvalue weighted by molar-refractivity contribution is 5.92. The first-order valence-corrected chi connectivity index (χ1v) is 7.90. The van der Waals surface area contributed by atoms with Crippen molar-refractivity contribution in [3.8, 4) is 0 Å². The predicted octanol–water partition coefficient (Wildman–Crippen LogP) is 1.58. The van der Waals surface area contributed by atoms with Gasteiger partial charge in [-0.25, -0.2) is 9.50 Å². The molecule has 0 aliphatic carbocycles. The molecular weight excluding hydrogens is 320 g/mol. The number of aryl methyl sites for hydroxylation is 2. The number of hydrogen-bond donors (Lipinski definition) is 2. The van der Waals surface area contributed by atoms with Crippen molar-refractivity contribution in [3.63, 3.8) is 0 Å². The van der Waals surface area contributed by atoms with Gasteiger partial charge in [-0.3, -0.25) is 10.1 Å². The van der Waals surface area contributed by atoms with E-state index in [-0.39, 0.29) is 11.9 Å². The van der Waals surface area contributed by atoms with E-state index in [0.717, 1.165) is 33.5 Å². The number of nitrogens with zero attached hydrogens (tertiary/aromatic N) is 6. The van der Waals surface area contributed by atoms with Crippen LogP contribution in [0.3, 0.4) is 0 Å². The third-order valence-corrected chi connectivity index (χ3v) is 4.22. The van der Waals surface area contributed by atoms with Crippen LogP contribution in [0.4, 0.5) is 5.95 Å². The lowest BCUT2D eigenvalue weighted by molar-refractivity contribution is -0.116. The normalized spacial score (nSPS) is 11.3. The SMILES string of the molecule is Cc1nc2c3ccccc3nn2c(C)c1CCC(=O)Nc1nn[nH]n1. The molecule has 4 aromatic rings. The maximum atomic E-state index is 12.0. The fourth-order valence-electron chi connectivity index (χ4n) is 2.98. The van der Waals surface area contributed by atoms with Crippen molar-refractivity contribution < 1.29 is 4.79 Å². The summed E-state index contributed by atoms with van der Waals surface area (Å²) >= 11 is 0. The summed E-state index contributed by atoms with van der Waals surface area (Å²) in [5.41, 5.74) is 4.66. The lowest BCUT2D eigenvalue weighted by Crippen LogP contribution is -2.15. The third kappa shape index (κ3) is 2.69. The molecule has 3 aromatic heterocycles. The minimum atomic E-state index is -0.175. The molecule has 2 N–H and O–H groups in total. The van der Waals surface area contributed by atoms with Gasteiger partial charge in [-0.2, -0.15) is 10.3 Å². The minimum Gasteiger partial charge on any atom is -0.292 e. The van der Waals surface area contributed by atoms with E-state index >= 15 is 0 Å². The van der Waals surface area contributed by atoms with Gasteiger partial charge in [0.2, 0.25) is 5.91 Å². The van der Waals surface area contributed by atoms with Crippen molar-refractivity contribution >= 4 is 28.4 Å². The number of rotatable bonds is 4. The molecule has 0 fully saturated rings. The van der Waals surface area contributed by atoms with E-state index in [1.807, 2.05) is 42.6 Å². The summed E-state index contributed by atoms with van der Waals surface area (Å²) in [6.45, 7) is 3.96. The Bertz CT molecular complexity index is 1070. The summed E-state index contributed by atoms with van der Waals surface area (Å²) < 4.78 is 1.85. The number of benzene rings is 1. The molecule has 0 bridgehead atoms. The van der Waals surface area contributed by atoms with Gasteiger partial charge >= 0.3 is 0 Å². The molecule has 4 rings (SSSR count). The van der Waals surface area contributed by atoms with E-state index in [0.29, 0.717) is 12.8 Å². The summed E-state index contributed by atoms with van der Waals surface area (Å²) in [6, 6.07) is 7.92. The zero-order valence-electron chi connectivity index (χ0n) is 13.8. The quantitative estimate of drug-likeness (QED) is 0.585. The molecule has 0 atom stereocenters. The third-order valence-electron chi connectivity index (χ3n) is 4.22. The maximum Gasteiger partial charge on any atom is 0.269 e. The van der Waals surface area contributed by atoms with Crippen LogP contribution >= 0.6 is 0 Å². The summed E-state index contributed by atoms with van der Waals surface area (Å²) in [5.74, 6) is -0.00345. The molecule has 3 heterocycles. The van der Waals surface area contributed by atoms with Crippen LogP contribution in [0.15, 0.2) is 24.3 Å². The molecule has 0 aliphatic heterocycles. The Morgan fingerprint density at radius 3 is 2.92 bits per heavy atom. The lowest BCUT2D eigenvalue weighted by Gasteiger charge is -2.10. The fourth-order valence-corrected chi connectivity index (χ4v) is 2.98. The molecule has 126 valence electrons. The summed E-state index contributed by atoms with van der Waals surface area (Å²) in [7, 11) is 0. The van der Waals surface area contributed by atoms with Crippen molar-refractivity contribution in [3.05, 3.63) is 41.2 Å². The van der Waals surface area contributed by atoms with Crippen molar-refractivity contribution in [2.45, 2.75) is 26.7 Å². The van der Waals surface area contributed by atoms with Crippen molar-refractivity contribution in [1.82, 2.24) is 35.2 Å². The Kier molecular flexibility index (Phi) is 3.60. The lowest BCUT2D eigenvalue weighted by atomic mass is 10.1. The predicted molar refractivity (Wildman–Crippen MR) is 91.1 cm³/mol. The second kappa shape index (κ2) is 5.93. The van der Waals surface area contributed by atoms with Crippen LogP contribution in [0.5, 0.6) is 0 Å². The number of anilines is 1. The van der Waals surface area contributed by atoms with Gasteiger partial charge < -0.3 is 0 Å². The number of tetrazole rings is 1. The summed E-state index contributed by atoms with van der Waals surface area (Å²) in [6.07, 6.45) is 0.852. The van der Waals surface area contributed by atoms with Gasteiger partial charge in [0.25, 0.3) is 5.95 Å². The highest BCUT2D eigenvalue weighted by atomic mass is 16.1. The monoisotopic (exact) mass is 336 g/mol. The molecule has 1 aromatic carbocycles. The Labute approximate surface area is 142 Å². The molecular formula is C16H16N8O. The van der Waals surface area contributed by atoms with Gasteiger partial charge in [0.15, 0.2) is 5.65 Å². The van der Waals surface area contributed by atoms with Crippen LogP contribution in [0.2, 0.25) is 0 Å². The van der Waals surface area contributed by atoms with E-state index in [2.05, 4.69) is 31.0 Å². The molecule has 9 heteroatoms. The Balaban J connectivity index is 1.63. The van der Waals surface area contributed by atoms with E-state index in [1.165, 1.54) is 0 Å². The molecule has 9 nitrogen and oxygen atoms in total. The van der Waals surface area contributed by atoms with Gasteiger partial charge in [-0.15, -0.1) is 5.10 Å². The number of hydrogen-bond acceptors (Lipinski definition) is 6. The van der Waals surface area contributed by atoms with Crippen LogP contribution in [-0.2, 0) is 11.2 Å². The molecule has 0 aliphatic rings. The van der Waals surface area contributed by atoms with Crippen LogP contribution < -0.4 is 5.32 Å². The molecule has 0 saturated heterocycles. The Morgan fingerprint density at radius 1 is 1.28 bits per heavy atom. The van der Waals surface area contributed by atoms with Crippen molar-refractivity contribution in [1.29, 1.82) is 0 Å². The highest BCUT2D eigenvalue weighted by Gasteiger charge is 2.15. The van der Waals surface area contributed by atoms with E-state index in [9.17, 15) is 4.79 Å². The average molecular weight is 336 g/mol. The van der Waals surface area contributed by atoms with Gasteiger partial charge in [0.05, 0.1) is 5.52 Å². The minimum absolute atomic E-state index is 0.172. The van der Waals surface area contributed by atoms with Crippen LogP contribution in [-0.4, -0.2) is 41.1 Å². The largest absolute Gasteiger partial charge is 0.292 e. The van der Waals surface area contributed by atoms with E-state index in [1.54, 1.807) is 0 Å². The first-order valence-electron chi connectivity index (χ1n) is 7.90. The molecule has 0 spiro atoms. The van der Waals surface area contributed by atoms with E-state index in [4.69, 9.17) is 4.98 Å².